The molecule has 34 heavy (non-hydrogen) atoms. The molecule has 0 radical (unpaired) electrons. The van der Waals surface area contributed by atoms with Crippen LogP contribution in [-0.2, 0) is 4.79 Å². The molecular formula is C30H54O4. The first kappa shape index (κ1) is 29.4. The Hall–Kier alpha value is -0.870. The van der Waals surface area contributed by atoms with Gasteiger partial charge in [-0.25, -0.2) is 0 Å². The summed E-state index contributed by atoms with van der Waals surface area (Å²) in [5, 5.41) is 24.4. The molecule has 5 rings (SSSR count). The van der Waals surface area contributed by atoms with Crippen molar-refractivity contribution < 1.29 is 20.1 Å². The minimum Gasteiger partial charge on any atom is -0.483 e. The van der Waals surface area contributed by atoms with E-state index >= 15 is 0 Å². The molecule has 5 fully saturated rings. The predicted molar refractivity (Wildman–Crippen MR) is 140 cm³/mol. The SMILES string of the molecule is C=CC.CC1C(O)CCC2(C)C1CCC1(C)C3CCC4(C)CCCC4C3CCC21.CO.O=CO. The van der Waals surface area contributed by atoms with E-state index in [2.05, 4.69) is 34.3 Å². The van der Waals surface area contributed by atoms with Gasteiger partial charge in [0.15, 0.2) is 0 Å². The van der Waals surface area contributed by atoms with Gasteiger partial charge in [-0.15, -0.1) is 6.58 Å². The number of hydrogen-bond acceptors (Lipinski definition) is 3. The Bertz CT molecular complexity index is 658. The molecule has 4 nitrogen and oxygen atoms in total. The van der Waals surface area contributed by atoms with Gasteiger partial charge < -0.3 is 15.3 Å². The zero-order valence-electron chi connectivity index (χ0n) is 22.9. The van der Waals surface area contributed by atoms with Crippen LogP contribution in [-0.4, -0.2) is 35.0 Å². The predicted octanol–water partition coefficient (Wildman–Crippen LogP) is 6.94. The Morgan fingerprint density at radius 2 is 1.35 bits per heavy atom. The topological polar surface area (TPSA) is 77.8 Å². The number of allylic oxidation sites excluding steroid dienone is 1. The number of rotatable bonds is 0. The van der Waals surface area contributed by atoms with E-state index in [1.165, 1.54) is 64.2 Å². The van der Waals surface area contributed by atoms with Crippen molar-refractivity contribution in [1.82, 2.24) is 0 Å². The largest absolute Gasteiger partial charge is 0.483 e. The summed E-state index contributed by atoms with van der Waals surface area (Å²) in [5.41, 5.74) is 1.77. The van der Waals surface area contributed by atoms with Crippen LogP contribution in [0.1, 0.15) is 105 Å². The van der Waals surface area contributed by atoms with Crippen molar-refractivity contribution in [3.05, 3.63) is 12.7 Å². The Balaban J connectivity index is 0.000000456. The number of carbonyl (C=O) groups is 1. The van der Waals surface area contributed by atoms with Gasteiger partial charge >= 0.3 is 0 Å². The first-order valence-corrected chi connectivity index (χ1v) is 13.9. The third kappa shape index (κ3) is 5.01. The number of hydrogen-bond donors (Lipinski definition) is 3. The Morgan fingerprint density at radius 3 is 1.97 bits per heavy atom. The summed E-state index contributed by atoms with van der Waals surface area (Å²) in [5.74, 6) is 5.26. The molecule has 0 aromatic heterocycles. The third-order valence-corrected chi connectivity index (χ3v) is 11.5. The minimum absolute atomic E-state index is 0.0392. The summed E-state index contributed by atoms with van der Waals surface area (Å²) in [6, 6.07) is 0. The monoisotopic (exact) mass is 478 g/mol. The Labute approximate surface area is 209 Å². The van der Waals surface area contributed by atoms with E-state index in [4.69, 9.17) is 15.0 Å². The third-order valence-electron chi connectivity index (χ3n) is 11.5. The van der Waals surface area contributed by atoms with Gasteiger partial charge in [0.25, 0.3) is 6.47 Å². The first-order valence-electron chi connectivity index (χ1n) is 13.9. The van der Waals surface area contributed by atoms with Crippen molar-refractivity contribution in [2.75, 3.05) is 7.11 Å². The van der Waals surface area contributed by atoms with E-state index < -0.39 is 0 Å². The second-order valence-corrected chi connectivity index (χ2v) is 12.7. The molecule has 0 aromatic rings. The zero-order chi connectivity index (χ0) is 25.7. The van der Waals surface area contributed by atoms with Crippen LogP contribution in [0.3, 0.4) is 0 Å². The molecule has 0 bridgehead atoms. The quantitative estimate of drug-likeness (QED) is 0.260. The van der Waals surface area contributed by atoms with Crippen LogP contribution < -0.4 is 0 Å². The number of carboxylic acid groups (broad SMARTS) is 1. The van der Waals surface area contributed by atoms with Crippen molar-refractivity contribution in [2.24, 2.45) is 51.8 Å². The molecule has 198 valence electrons. The normalized spacial score (nSPS) is 48.3. The van der Waals surface area contributed by atoms with Crippen LogP contribution in [0.2, 0.25) is 0 Å². The zero-order valence-corrected chi connectivity index (χ0v) is 22.9. The van der Waals surface area contributed by atoms with Crippen molar-refractivity contribution in [3.63, 3.8) is 0 Å². The average Bonchev–Trinajstić information content (AvgIpc) is 3.21. The maximum absolute atomic E-state index is 10.5. The van der Waals surface area contributed by atoms with E-state index in [0.717, 1.165) is 43.1 Å². The smallest absolute Gasteiger partial charge is 0.290 e. The van der Waals surface area contributed by atoms with Gasteiger partial charge in [-0.1, -0.05) is 40.2 Å². The van der Waals surface area contributed by atoms with E-state index in [1.807, 2.05) is 6.92 Å². The summed E-state index contributed by atoms with van der Waals surface area (Å²) in [7, 11) is 1.00. The fraction of sp³-hybridized carbons (Fsp3) is 0.900. The lowest BCUT2D eigenvalue weighted by Gasteiger charge is -2.67. The van der Waals surface area contributed by atoms with Crippen molar-refractivity contribution >= 4 is 6.47 Å². The van der Waals surface area contributed by atoms with Crippen LogP contribution in [0, 0.1) is 51.8 Å². The average molecular weight is 479 g/mol. The summed E-state index contributed by atoms with van der Waals surface area (Å²) < 4.78 is 0. The summed E-state index contributed by atoms with van der Waals surface area (Å²) in [6.07, 6.45) is 17.4. The van der Waals surface area contributed by atoms with Gasteiger partial charge in [-0.3, -0.25) is 4.79 Å². The number of fused-ring (bicyclic) bond motifs is 7. The second-order valence-electron chi connectivity index (χ2n) is 12.7. The molecule has 5 aliphatic carbocycles. The molecule has 0 saturated heterocycles. The molecule has 0 aliphatic heterocycles. The second kappa shape index (κ2) is 11.9. The molecule has 5 saturated carbocycles. The first-order chi connectivity index (χ1) is 16.1. The van der Waals surface area contributed by atoms with Crippen molar-refractivity contribution in [3.8, 4) is 0 Å². The molecule has 0 spiro atoms. The standard InChI is InChI=1S/C25H42O.C3H6.CH2O2.CH4O/c1-16-18-10-14-25(4)20-9-13-23(2)12-5-6-19(23)17(20)7-8-22(25)24(18,3)15-11-21(16)26;1-3-2;2-1-3;1-2/h16-22,26H,5-15H2,1-4H3;3H,1H2,2H3;1H,(H,2,3);2H,1H3. The molecular weight excluding hydrogens is 424 g/mol. The molecule has 5 aliphatic rings. The summed E-state index contributed by atoms with van der Waals surface area (Å²) >= 11 is 0. The van der Waals surface area contributed by atoms with Gasteiger partial charge in [0, 0.05) is 7.11 Å². The summed E-state index contributed by atoms with van der Waals surface area (Å²) in [6.45, 7) is 15.4. The van der Waals surface area contributed by atoms with Crippen LogP contribution in [0.5, 0.6) is 0 Å². The Kier molecular flexibility index (Phi) is 10.3. The minimum atomic E-state index is -0.250. The molecule has 0 heterocycles. The van der Waals surface area contributed by atoms with Gasteiger partial charge in [-0.05, 0) is 123 Å². The highest BCUT2D eigenvalue weighted by Gasteiger charge is 2.63. The lowest BCUT2D eigenvalue weighted by atomic mass is 9.38. The van der Waals surface area contributed by atoms with E-state index in [1.54, 1.807) is 6.08 Å². The van der Waals surface area contributed by atoms with E-state index in [-0.39, 0.29) is 12.6 Å². The van der Waals surface area contributed by atoms with Crippen molar-refractivity contribution in [2.45, 2.75) is 111 Å². The molecule has 10 unspecified atom stereocenters. The van der Waals surface area contributed by atoms with Gasteiger partial charge in [-0.2, -0.15) is 0 Å². The molecule has 4 heteroatoms. The molecule has 0 amide bonds. The lowest BCUT2D eigenvalue weighted by Crippen LogP contribution is -2.61. The molecule has 10 atom stereocenters. The van der Waals surface area contributed by atoms with Gasteiger partial charge in [0.05, 0.1) is 6.10 Å². The molecule has 3 N–H and O–H groups in total. The lowest BCUT2D eigenvalue weighted by molar-refractivity contribution is -0.193. The fourth-order valence-electron chi connectivity index (χ4n) is 10.2. The number of aliphatic hydroxyl groups is 2. The highest BCUT2D eigenvalue weighted by molar-refractivity contribution is 5.32. The number of aliphatic hydroxyl groups excluding tert-OH is 2. The fourth-order valence-corrected chi connectivity index (χ4v) is 10.2. The van der Waals surface area contributed by atoms with Crippen LogP contribution in [0.15, 0.2) is 12.7 Å². The highest BCUT2D eigenvalue weighted by atomic mass is 16.3. The van der Waals surface area contributed by atoms with Crippen molar-refractivity contribution in [1.29, 1.82) is 0 Å². The van der Waals surface area contributed by atoms with Crippen LogP contribution in [0.25, 0.3) is 0 Å². The van der Waals surface area contributed by atoms with E-state index in [0.29, 0.717) is 22.2 Å². The highest BCUT2D eigenvalue weighted by Crippen LogP contribution is 2.71. The Morgan fingerprint density at radius 1 is 0.824 bits per heavy atom. The van der Waals surface area contributed by atoms with Gasteiger partial charge in [0.2, 0.25) is 0 Å². The summed E-state index contributed by atoms with van der Waals surface area (Å²) in [4.78, 5) is 8.36. The maximum Gasteiger partial charge on any atom is 0.290 e. The van der Waals surface area contributed by atoms with Gasteiger partial charge in [0.1, 0.15) is 0 Å². The molecule has 0 aromatic carbocycles. The van der Waals surface area contributed by atoms with Crippen LogP contribution in [0.4, 0.5) is 0 Å². The van der Waals surface area contributed by atoms with E-state index in [9.17, 15) is 5.11 Å². The van der Waals surface area contributed by atoms with Crippen LogP contribution >= 0.6 is 0 Å². The maximum atomic E-state index is 10.5.